The van der Waals surface area contributed by atoms with E-state index >= 15 is 0 Å². The molecule has 2 rings (SSSR count). The standard InChI is InChI=1S/C14H20N2OS/c1-9-3-4-10(2)13(7-9)18-8-12(14(15)17)16-11-5-6-11/h3-4,7,11-12,16H,5-6,8H2,1-2H3,(H2,15,17). The van der Waals surface area contributed by atoms with Crippen molar-refractivity contribution in [2.24, 2.45) is 5.73 Å². The van der Waals surface area contributed by atoms with Gasteiger partial charge in [-0.25, -0.2) is 0 Å². The molecule has 0 aromatic heterocycles. The molecule has 1 fully saturated rings. The summed E-state index contributed by atoms with van der Waals surface area (Å²) < 4.78 is 0. The van der Waals surface area contributed by atoms with Gasteiger partial charge in [-0.3, -0.25) is 4.79 Å². The van der Waals surface area contributed by atoms with Gasteiger partial charge in [0.05, 0.1) is 6.04 Å². The van der Waals surface area contributed by atoms with E-state index in [0.29, 0.717) is 11.8 Å². The molecule has 1 aliphatic carbocycles. The molecule has 1 aliphatic rings. The third-order valence-corrected chi connectivity index (χ3v) is 4.36. The minimum Gasteiger partial charge on any atom is -0.368 e. The average Bonchev–Trinajstić information content (AvgIpc) is 3.12. The van der Waals surface area contributed by atoms with Gasteiger partial charge in [-0.05, 0) is 38.3 Å². The van der Waals surface area contributed by atoms with Gasteiger partial charge in [-0.15, -0.1) is 11.8 Å². The minimum absolute atomic E-state index is 0.220. The average molecular weight is 264 g/mol. The van der Waals surface area contributed by atoms with E-state index in [9.17, 15) is 4.79 Å². The Morgan fingerprint density at radius 1 is 1.50 bits per heavy atom. The highest BCUT2D eigenvalue weighted by Crippen LogP contribution is 2.25. The third kappa shape index (κ3) is 3.75. The molecule has 1 aromatic rings. The highest BCUT2D eigenvalue weighted by Gasteiger charge is 2.27. The number of rotatable bonds is 6. The number of nitrogens with two attached hydrogens (primary N) is 1. The number of primary amides is 1. The molecular formula is C14H20N2OS. The second-order valence-electron chi connectivity index (χ2n) is 4.98. The molecule has 0 heterocycles. The van der Waals surface area contributed by atoms with Gasteiger partial charge in [-0.2, -0.15) is 0 Å². The lowest BCUT2D eigenvalue weighted by atomic mass is 10.2. The van der Waals surface area contributed by atoms with Gasteiger partial charge in [-0.1, -0.05) is 17.7 Å². The molecule has 1 aromatic carbocycles. The quantitative estimate of drug-likeness (QED) is 0.773. The zero-order valence-electron chi connectivity index (χ0n) is 10.9. The molecule has 98 valence electrons. The Labute approximate surface area is 113 Å². The summed E-state index contributed by atoms with van der Waals surface area (Å²) in [5.74, 6) is 0.454. The summed E-state index contributed by atoms with van der Waals surface area (Å²) in [5, 5.41) is 3.30. The molecule has 3 N–H and O–H groups in total. The van der Waals surface area contributed by atoms with E-state index in [-0.39, 0.29) is 11.9 Å². The van der Waals surface area contributed by atoms with Gasteiger partial charge in [0.1, 0.15) is 0 Å². The molecule has 1 amide bonds. The second kappa shape index (κ2) is 5.76. The highest BCUT2D eigenvalue weighted by molar-refractivity contribution is 7.99. The van der Waals surface area contributed by atoms with Crippen molar-refractivity contribution in [3.63, 3.8) is 0 Å². The number of nitrogens with one attached hydrogen (secondary N) is 1. The monoisotopic (exact) mass is 264 g/mol. The first-order chi connectivity index (χ1) is 8.56. The fraction of sp³-hybridized carbons (Fsp3) is 0.500. The van der Waals surface area contributed by atoms with E-state index in [1.165, 1.54) is 16.0 Å². The van der Waals surface area contributed by atoms with E-state index in [1.807, 2.05) is 0 Å². The Kier molecular flexibility index (Phi) is 4.30. The van der Waals surface area contributed by atoms with Crippen LogP contribution in [-0.4, -0.2) is 23.7 Å². The molecular weight excluding hydrogens is 244 g/mol. The van der Waals surface area contributed by atoms with Gasteiger partial charge in [0.25, 0.3) is 0 Å². The van der Waals surface area contributed by atoms with Crippen LogP contribution in [0.1, 0.15) is 24.0 Å². The number of aryl methyl sites for hydroxylation is 2. The molecule has 18 heavy (non-hydrogen) atoms. The summed E-state index contributed by atoms with van der Waals surface area (Å²) in [6.07, 6.45) is 2.33. The first-order valence-electron chi connectivity index (χ1n) is 6.31. The van der Waals surface area contributed by atoms with Gasteiger partial charge in [0.2, 0.25) is 5.91 Å². The van der Waals surface area contributed by atoms with E-state index < -0.39 is 0 Å². The number of hydrogen-bond acceptors (Lipinski definition) is 3. The molecule has 0 bridgehead atoms. The minimum atomic E-state index is -0.250. The maximum Gasteiger partial charge on any atom is 0.235 e. The fourth-order valence-electron chi connectivity index (χ4n) is 1.78. The van der Waals surface area contributed by atoms with Crippen molar-refractivity contribution in [2.45, 2.75) is 43.7 Å². The maximum absolute atomic E-state index is 11.4. The molecule has 3 nitrogen and oxygen atoms in total. The lowest BCUT2D eigenvalue weighted by Gasteiger charge is -2.15. The van der Waals surface area contributed by atoms with Crippen LogP contribution < -0.4 is 11.1 Å². The van der Waals surface area contributed by atoms with E-state index in [4.69, 9.17) is 5.73 Å². The van der Waals surface area contributed by atoms with Crippen LogP contribution in [0.4, 0.5) is 0 Å². The van der Waals surface area contributed by atoms with Crippen molar-refractivity contribution in [3.05, 3.63) is 29.3 Å². The number of carbonyl (C=O) groups excluding carboxylic acids is 1. The van der Waals surface area contributed by atoms with Crippen LogP contribution in [0.5, 0.6) is 0 Å². The van der Waals surface area contributed by atoms with Crippen molar-refractivity contribution in [2.75, 3.05) is 5.75 Å². The van der Waals surface area contributed by atoms with Gasteiger partial charge < -0.3 is 11.1 Å². The predicted octanol–water partition coefficient (Wildman–Crippen LogP) is 2.00. The molecule has 0 saturated heterocycles. The summed E-state index contributed by atoms with van der Waals surface area (Å²) in [4.78, 5) is 12.6. The summed E-state index contributed by atoms with van der Waals surface area (Å²) >= 11 is 1.70. The predicted molar refractivity (Wildman–Crippen MR) is 75.8 cm³/mol. The number of carbonyl (C=O) groups is 1. The SMILES string of the molecule is Cc1ccc(C)c(SCC(NC2CC2)C(N)=O)c1. The Hall–Kier alpha value is -1.00. The zero-order valence-corrected chi connectivity index (χ0v) is 11.7. The number of thioether (sulfide) groups is 1. The molecule has 4 heteroatoms. The first-order valence-corrected chi connectivity index (χ1v) is 7.30. The molecule has 1 saturated carbocycles. The van der Waals surface area contributed by atoms with Gasteiger partial charge in [0, 0.05) is 16.7 Å². The summed E-state index contributed by atoms with van der Waals surface area (Å²) in [5.41, 5.74) is 7.92. The Morgan fingerprint density at radius 2 is 2.22 bits per heavy atom. The summed E-state index contributed by atoms with van der Waals surface area (Å²) in [6, 6.07) is 6.66. The summed E-state index contributed by atoms with van der Waals surface area (Å²) in [6.45, 7) is 4.17. The molecule has 0 spiro atoms. The molecule has 0 aliphatic heterocycles. The number of benzene rings is 1. The lowest BCUT2D eigenvalue weighted by molar-refractivity contribution is -0.119. The first kappa shape index (κ1) is 13.4. The number of amides is 1. The zero-order chi connectivity index (χ0) is 13.1. The molecule has 1 unspecified atom stereocenters. The summed E-state index contributed by atoms with van der Waals surface area (Å²) in [7, 11) is 0. The third-order valence-electron chi connectivity index (χ3n) is 3.11. The Bertz CT molecular complexity index is 443. The smallest absolute Gasteiger partial charge is 0.235 e. The van der Waals surface area contributed by atoms with E-state index in [2.05, 4.69) is 37.4 Å². The topological polar surface area (TPSA) is 55.1 Å². The Morgan fingerprint density at radius 3 is 2.83 bits per heavy atom. The fourth-order valence-corrected chi connectivity index (χ4v) is 2.95. The van der Waals surface area contributed by atoms with Crippen LogP contribution in [-0.2, 0) is 4.79 Å². The van der Waals surface area contributed by atoms with Crippen molar-refractivity contribution >= 4 is 17.7 Å². The van der Waals surface area contributed by atoms with Crippen LogP contribution in [0.3, 0.4) is 0 Å². The molecule has 0 radical (unpaired) electrons. The maximum atomic E-state index is 11.4. The number of hydrogen-bond donors (Lipinski definition) is 2. The van der Waals surface area contributed by atoms with E-state index in [1.54, 1.807) is 11.8 Å². The Balaban J connectivity index is 1.95. The van der Waals surface area contributed by atoms with Crippen LogP contribution in [0.15, 0.2) is 23.1 Å². The largest absolute Gasteiger partial charge is 0.368 e. The molecule has 1 atom stereocenters. The van der Waals surface area contributed by atoms with Crippen molar-refractivity contribution in [1.82, 2.24) is 5.32 Å². The van der Waals surface area contributed by atoms with Crippen molar-refractivity contribution < 1.29 is 4.79 Å². The van der Waals surface area contributed by atoms with Crippen LogP contribution in [0.2, 0.25) is 0 Å². The van der Waals surface area contributed by atoms with Crippen LogP contribution >= 0.6 is 11.8 Å². The van der Waals surface area contributed by atoms with Crippen molar-refractivity contribution in [1.29, 1.82) is 0 Å². The van der Waals surface area contributed by atoms with E-state index in [0.717, 1.165) is 12.8 Å². The van der Waals surface area contributed by atoms with Crippen molar-refractivity contribution in [3.8, 4) is 0 Å². The van der Waals surface area contributed by atoms with Gasteiger partial charge >= 0.3 is 0 Å². The van der Waals surface area contributed by atoms with Crippen LogP contribution in [0, 0.1) is 13.8 Å². The van der Waals surface area contributed by atoms with Gasteiger partial charge in [0.15, 0.2) is 0 Å². The second-order valence-corrected chi connectivity index (χ2v) is 6.04. The van der Waals surface area contributed by atoms with Crippen LogP contribution in [0.25, 0.3) is 0 Å². The highest BCUT2D eigenvalue weighted by atomic mass is 32.2. The lowest BCUT2D eigenvalue weighted by Crippen LogP contribution is -2.44. The normalized spacial score (nSPS) is 16.6.